The quantitative estimate of drug-likeness (QED) is 0.807. The SMILES string of the molecule is C[C@@H]1CN(Cc2ccccc2CNC(=O)C[C@@H]2C=CCC2)C[C@H](C)O1. The Bertz CT molecular complexity index is 604. The Balaban J connectivity index is 1.55. The van der Waals surface area contributed by atoms with E-state index in [0.717, 1.165) is 32.5 Å². The van der Waals surface area contributed by atoms with E-state index < -0.39 is 0 Å². The number of ether oxygens (including phenoxy) is 1. The summed E-state index contributed by atoms with van der Waals surface area (Å²) < 4.78 is 5.82. The number of nitrogens with zero attached hydrogens (tertiary/aromatic N) is 1. The zero-order valence-corrected chi connectivity index (χ0v) is 15.4. The number of hydrogen-bond acceptors (Lipinski definition) is 3. The van der Waals surface area contributed by atoms with E-state index in [2.05, 4.69) is 60.5 Å². The number of carbonyl (C=O) groups excluding carboxylic acids is 1. The second-order valence-corrected chi connectivity index (χ2v) is 7.47. The predicted molar refractivity (Wildman–Crippen MR) is 100 cm³/mol. The van der Waals surface area contributed by atoms with E-state index in [1.165, 1.54) is 11.1 Å². The van der Waals surface area contributed by atoms with Gasteiger partial charge in [0.1, 0.15) is 0 Å². The van der Waals surface area contributed by atoms with Gasteiger partial charge in [-0.2, -0.15) is 0 Å². The molecule has 1 fully saturated rings. The van der Waals surface area contributed by atoms with Crippen LogP contribution in [-0.4, -0.2) is 36.1 Å². The first kappa shape index (κ1) is 18.2. The lowest BCUT2D eigenvalue weighted by molar-refractivity contribution is -0.121. The first-order chi connectivity index (χ1) is 12.1. The van der Waals surface area contributed by atoms with Gasteiger partial charge in [-0.3, -0.25) is 9.69 Å². The fourth-order valence-corrected chi connectivity index (χ4v) is 3.91. The molecule has 136 valence electrons. The van der Waals surface area contributed by atoms with Gasteiger partial charge in [-0.1, -0.05) is 36.4 Å². The van der Waals surface area contributed by atoms with Crippen molar-refractivity contribution >= 4 is 5.91 Å². The monoisotopic (exact) mass is 342 g/mol. The van der Waals surface area contributed by atoms with E-state index in [-0.39, 0.29) is 18.1 Å². The van der Waals surface area contributed by atoms with Crippen molar-refractivity contribution in [3.05, 3.63) is 47.5 Å². The van der Waals surface area contributed by atoms with Crippen LogP contribution in [-0.2, 0) is 22.6 Å². The van der Waals surface area contributed by atoms with E-state index in [1.807, 2.05) is 0 Å². The standard InChI is InChI=1S/C21H30N2O2/c1-16-13-23(14-17(2)25-16)15-20-10-6-5-9-19(20)12-22-21(24)11-18-7-3-4-8-18/h3,5-7,9-10,16-18H,4,8,11-15H2,1-2H3,(H,22,24)/t16-,17+,18-/m1/s1. The highest BCUT2D eigenvalue weighted by Gasteiger charge is 2.22. The molecule has 0 spiro atoms. The summed E-state index contributed by atoms with van der Waals surface area (Å²) in [5.41, 5.74) is 2.51. The second-order valence-electron chi connectivity index (χ2n) is 7.47. The van der Waals surface area contributed by atoms with Crippen LogP contribution in [0.5, 0.6) is 0 Å². The van der Waals surface area contributed by atoms with Crippen LogP contribution in [0.4, 0.5) is 0 Å². The number of rotatable bonds is 6. The summed E-state index contributed by atoms with van der Waals surface area (Å²) in [4.78, 5) is 14.6. The highest BCUT2D eigenvalue weighted by molar-refractivity contribution is 5.76. The first-order valence-electron chi connectivity index (χ1n) is 9.48. The van der Waals surface area contributed by atoms with Gasteiger partial charge in [0.25, 0.3) is 0 Å². The van der Waals surface area contributed by atoms with Crippen molar-refractivity contribution in [2.45, 2.75) is 58.4 Å². The van der Waals surface area contributed by atoms with Crippen molar-refractivity contribution in [2.75, 3.05) is 13.1 Å². The van der Waals surface area contributed by atoms with Crippen molar-refractivity contribution in [1.82, 2.24) is 10.2 Å². The summed E-state index contributed by atoms with van der Waals surface area (Å²) in [5.74, 6) is 0.575. The number of hydrogen-bond donors (Lipinski definition) is 1. The summed E-state index contributed by atoms with van der Waals surface area (Å²) in [6.45, 7) is 7.70. The molecular formula is C21H30N2O2. The van der Waals surface area contributed by atoms with Gasteiger partial charge >= 0.3 is 0 Å². The van der Waals surface area contributed by atoms with E-state index >= 15 is 0 Å². The summed E-state index contributed by atoms with van der Waals surface area (Å²) in [6, 6.07) is 8.43. The predicted octanol–water partition coefficient (Wildman–Crippen LogP) is 3.27. The minimum Gasteiger partial charge on any atom is -0.373 e. The van der Waals surface area contributed by atoms with Crippen LogP contribution in [0.1, 0.15) is 44.2 Å². The fraction of sp³-hybridized carbons (Fsp3) is 0.571. The molecule has 4 heteroatoms. The average molecular weight is 342 g/mol. The molecule has 25 heavy (non-hydrogen) atoms. The minimum absolute atomic E-state index is 0.153. The smallest absolute Gasteiger partial charge is 0.220 e. The molecule has 0 unspecified atom stereocenters. The van der Waals surface area contributed by atoms with Gasteiger partial charge in [-0.05, 0) is 43.7 Å². The molecule has 0 saturated carbocycles. The maximum absolute atomic E-state index is 12.2. The molecule has 0 radical (unpaired) electrons. The molecule has 1 aromatic rings. The molecule has 1 saturated heterocycles. The lowest BCUT2D eigenvalue weighted by Crippen LogP contribution is -2.45. The zero-order valence-electron chi connectivity index (χ0n) is 15.4. The summed E-state index contributed by atoms with van der Waals surface area (Å²) >= 11 is 0. The summed E-state index contributed by atoms with van der Waals surface area (Å²) in [7, 11) is 0. The van der Waals surface area contributed by atoms with Crippen molar-refractivity contribution < 1.29 is 9.53 Å². The van der Waals surface area contributed by atoms with Crippen LogP contribution in [0.3, 0.4) is 0 Å². The van der Waals surface area contributed by atoms with Crippen molar-refractivity contribution in [2.24, 2.45) is 5.92 Å². The molecule has 0 aromatic heterocycles. The van der Waals surface area contributed by atoms with Gasteiger partial charge in [-0.15, -0.1) is 0 Å². The Hall–Kier alpha value is -1.65. The van der Waals surface area contributed by atoms with E-state index in [4.69, 9.17) is 4.74 Å². The Morgan fingerprint density at radius 2 is 1.92 bits per heavy atom. The molecule has 1 aliphatic carbocycles. The Labute approximate surface area is 151 Å². The normalized spacial score (nSPS) is 26.7. The van der Waals surface area contributed by atoms with E-state index in [9.17, 15) is 4.79 Å². The Morgan fingerprint density at radius 3 is 2.60 bits per heavy atom. The van der Waals surface area contributed by atoms with E-state index in [0.29, 0.717) is 18.9 Å². The van der Waals surface area contributed by atoms with Crippen molar-refractivity contribution in [1.29, 1.82) is 0 Å². The molecule has 1 aliphatic heterocycles. The molecule has 1 aromatic carbocycles. The largest absolute Gasteiger partial charge is 0.373 e. The summed E-state index contributed by atoms with van der Waals surface area (Å²) in [6.07, 6.45) is 7.72. The molecule has 3 atom stereocenters. The lowest BCUT2D eigenvalue weighted by atomic mass is 10.0. The molecule has 4 nitrogen and oxygen atoms in total. The van der Waals surface area contributed by atoms with Gasteiger partial charge in [0.2, 0.25) is 5.91 Å². The molecule has 2 aliphatic rings. The maximum atomic E-state index is 12.2. The van der Waals surface area contributed by atoms with Gasteiger partial charge in [0, 0.05) is 32.6 Å². The van der Waals surface area contributed by atoms with Gasteiger partial charge in [-0.25, -0.2) is 0 Å². The van der Waals surface area contributed by atoms with Crippen LogP contribution in [0.25, 0.3) is 0 Å². The van der Waals surface area contributed by atoms with Crippen molar-refractivity contribution in [3.8, 4) is 0 Å². The van der Waals surface area contributed by atoms with Crippen LogP contribution in [0, 0.1) is 5.92 Å². The lowest BCUT2D eigenvalue weighted by Gasteiger charge is -2.35. The molecule has 3 rings (SSSR count). The topological polar surface area (TPSA) is 41.6 Å². The second kappa shape index (κ2) is 8.63. The van der Waals surface area contributed by atoms with Gasteiger partial charge < -0.3 is 10.1 Å². The highest BCUT2D eigenvalue weighted by atomic mass is 16.5. The number of morpholine rings is 1. The zero-order chi connectivity index (χ0) is 17.6. The van der Waals surface area contributed by atoms with E-state index in [1.54, 1.807) is 0 Å². The molecular weight excluding hydrogens is 312 g/mol. The Morgan fingerprint density at radius 1 is 1.20 bits per heavy atom. The average Bonchev–Trinajstić information content (AvgIpc) is 3.06. The van der Waals surface area contributed by atoms with Gasteiger partial charge in [0.05, 0.1) is 12.2 Å². The van der Waals surface area contributed by atoms with Crippen LogP contribution >= 0.6 is 0 Å². The third kappa shape index (κ3) is 5.41. The minimum atomic E-state index is 0.153. The number of allylic oxidation sites excluding steroid dienone is 2. The van der Waals surface area contributed by atoms with Crippen LogP contribution in [0.2, 0.25) is 0 Å². The number of benzene rings is 1. The van der Waals surface area contributed by atoms with Crippen LogP contribution in [0.15, 0.2) is 36.4 Å². The fourth-order valence-electron chi connectivity index (χ4n) is 3.91. The molecule has 0 bridgehead atoms. The van der Waals surface area contributed by atoms with Crippen molar-refractivity contribution in [3.63, 3.8) is 0 Å². The molecule has 1 heterocycles. The number of amides is 1. The molecule has 1 N–H and O–H groups in total. The highest BCUT2D eigenvalue weighted by Crippen LogP contribution is 2.20. The molecule has 1 amide bonds. The first-order valence-corrected chi connectivity index (χ1v) is 9.48. The maximum Gasteiger partial charge on any atom is 0.220 e. The Kier molecular flexibility index (Phi) is 6.27. The van der Waals surface area contributed by atoms with Gasteiger partial charge in [0.15, 0.2) is 0 Å². The third-order valence-corrected chi connectivity index (χ3v) is 5.04. The third-order valence-electron chi connectivity index (χ3n) is 5.04. The van der Waals surface area contributed by atoms with Crippen LogP contribution < -0.4 is 5.32 Å². The summed E-state index contributed by atoms with van der Waals surface area (Å²) in [5, 5.41) is 3.11. The number of nitrogens with one attached hydrogen (secondary N) is 1. The number of carbonyl (C=O) groups is 1.